The largest absolute Gasteiger partial charge is 0.351 e. The van der Waals surface area contributed by atoms with Gasteiger partial charge in [-0.05, 0) is 19.8 Å². The van der Waals surface area contributed by atoms with E-state index >= 15 is 0 Å². The third-order valence-corrected chi connectivity index (χ3v) is 4.93. The molecule has 0 saturated heterocycles. The molecule has 5 nitrogen and oxygen atoms in total. The molecular weight excluding hydrogens is 229 g/mol. The first-order chi connectivity index (χ1) is 7.20. The van der Waals surface area contributed by atoms with Crippen molar-refractivity contribution in [1.82, 2.24) is 5.32 Å². The molecule has 0 radical (unpaired) electrons. The summed E-state index contributed by atoms with van der Waals surface area (Å²) in [6.45, 7) is 8.39. The van der Waals surface area contributed by atoms with Gasteiger partial charge in [-0.1, -0.05) is 20.4 Å². The number of nitrogens with one attached hydrogen (secondary N) is 1. The second-order valence-corrected chi connectivity index (χ2v) is 5.98. The van der Waals surface area contributed by atoms with Crippen LogP contribution in [0.5, 0.6) is 0 Å². The Labute approximate surface area is 96.1 Å². The first kappa shape index (κ1) is 15.4. The first-order valence-corrected chi connectivity index (χ1v) is 6.80. The molecule has 0 aromatic heterocycles. The summed E-state index contributed by atoms with van der Waals surface area (Å²) in [5.74, 6) is -0.375. The summed E-state index contributed by atoms with van der Waals surface area (Å²) < 4.78 is 11.4. The highest BCUT2D eigenvalue weighted by atomic mass is 31.2. The molecule has 0 aliphatic rings. The minimum Gasteiger partial charge on any atom is -0.351 e. The standard InChI is InChI=1S/C10H20NO4P/c1-5-10(6-2,16(13,14)15)7-11-9(12)8(3)4/h3,5-7H2,1-2,4H3,(H,11,12)(H2,13,14,15). The van der Waals surface area contributed by atoms with E-state index in [9.17, 15) is 19.1 Å². The Bertz CT molecular complexity index is 317. The van der Waals surface area contributed by atoms with Gasteiger partial charge < -0.3 is 15.1 Å². The van der Waals surface area contributed by atoms with Gasteiger partial charge in [0.15, 0.2) is 0 Å². The van der Waals surface area contributed by atoms with Gasteiger partial charge in [0, 0.05) is 12.1 Å². The molecule has 0 aliphatic heterocycles. The second-order valence-electron chi connectivity index (χ2n) is 3.94. The van der Waals surface area contributed by atoms with Crippen LogP contribution in [0.2, 0.25) is 0 Å². The van der Waals surface area contributed by atoms with Crippen LogP contribution in [0.1, 0.15) is 33.6 Å². The van der Waals surface area contributed by atoms with Gasteiger partial charge in [0.25, 0.3) is 0 Å². The minimum absolute atomic E-state index is 0.0318. The van der Waals surface area contributed by atoms with Gasteiger partial charge >= 0.3 is 7.60 Å². The summed E-state index contributed by atoms with van der Waals surface area (Å²) in [6.07, 6.45) is 0.620. The maximum absolute atomic E-state index is 11.4. The normalized spacial score (nSPS) is 12.3. The summed E-state index contributed by atoms with van der Waals surface area (Å²) in [6, 6.07) is 0. The molecule has 16 heavy (non-hydrogen) atoms. The Morgan fingerprint density at radius 1 is 1.38 bits per heavy atom. The van der Waals surface area contributed by atoms with E-state index in [0.29, 0.717) is 18.4 Å². The molecule has 0 heterocycles. The molecule has 0 unspecified atom stereocenters. The predicted molar refractivity (Wildman–Crippen MR) is 63.2 cm³/mol. The van der Waals surface area contributed by atoms with Crippen LogP contribution in [0.25, 0.3) is 0 Å². The predicted octanol–water partition coefficient (Wildman–Crippen LogP) is 1.42. The Kier molecular flexibility index (Phi) is 5.39. The minimum atomic E-state index is -4.24. The van der Waals surface area contributed by atoms with E-state index in [2.05, 4.69) is 11.9 Å². The van der Waals surface area contributed by atoms with E-state index in [1.54, 1.807) is 20.8 Å². The zero-order valence-electron chi connectivity index (χ0n) is 9.99. The van der Waals surface area contributed by atoms with Crippen molar-refractivity contribution < 1.29 is 19.1 Å². The monoisotopic (exact) mass is 249 g/mol. The van der Waals surface area contributed by atoms with Gasteiger partial charge in [0.1, 0.15) is 0 Å². The van der Waals surface area contributed by atoms with E-state index in [4.69, 9.17) is 0 Å². The SMILES string of the molecule is C=C(C)C(=O)NCC(CC)(CC)P(=O)(O)O. The van der Waals surface area contributed by atoms with E-state index in [1.165, 1.54) is 0 Å². The Morgan fingerprint density at radius 2 is 1.81 bits per heavy atom. The van der Waals surface area contributed by atoms with Crippen LogP contribution in [0.15, 0.2) is 12.2 Å². The highest BCUT2D eigenvalue weighted by Gasteiger charge is 2.43. The fourth-order valence-corrected chi connectivity index (χ4v) is 2.52. The highest BCUT2D eigenvalue weighted by Crippen LogP contribution is 2.54. The highest BCUT2D eigenvalue weighted by molar-refractivity contribution is 7.53. The third kappa shape index (κ3) is 3.44. The van der Waals surface area contributed by atoms with Crippen molar-refractivity contribution in [2.45, 2.75) is 38.8 Å². The molecule has 0 spiro atoms. The van der Waals surface area contributed by atoms with Gasteiger partial charge in [-0.3, -0.25) is 9.36 Å². The smallest absolute Gasteiger partial charge is 0.333 e. The number of hydrogen-bond acceptors (Lipinski definition) is 2. The summed E-state index contributed by atoms with van der Waals surface area (Å²) in [5, 5.41) is 1.33. The average Bonchev–Trinajstić information content (AvgIpc) is 2.17. The van der Waals surface area contributed by atoms with Gasteiger partial charge in [0.2, 0.25) is 5.91 Å². The maximum atomic E-state index is 11.4. The van der Waals surface area contributed by atoms with Crippen molar-refractivity contribution >= 4 is 13.5 Å². The lowest BCUT2D eigenvalue weighted by Gasteiger charge is -2.32. The lowest BCUT2D eigenvalue weighted by atomic mass is 10.0. The molecule has 0 rings (SSSR count). The molecule has 0 aliphatic carbocycles. The van der Waals surface area contributed by atoms with E-state index < -0.39 is 12.8 Å². The van der Waals surface area contributed by atoms with E-state index in [0.717, 1.165) is 0 Å². The van der Waals surface area contributed by atoms with Crippen molar-refractivity contribution in [3.8, 4) is 0 Å². The molecule has 3 N–H and O–H groups in total. The van der Waals surface area contributed by atoms with Crippen molar-refractivity contribution in [2.75, 3.05) is 6.54 Å². The number of carbonyl (C=O) groups is 1. The van der Waals surface area contributed by atoms with Gasteiger partial charge in [-0.15, -0.1) is 0 Å². The van der Waals surface area contributed by atoms with Crippen molar-refractivity contribution in [3.63, 3.8) is 0 Å². The lowest BCUT2D eigenvalue weighted by molar-refractivity contribution is -0.117. The Hall–Kier alpha value is -0.640. The van der Waals surface area contributed by atoms with Crippen LogP contribution in [0.4, 0.5) is 0 Å². The van der Waals surface area contributed by atoms with Crippen LogP contribution >= 0.6 is 7.60 Å². The Balaban J connectivity index is 4.78. The summed E-state index contributed by atoms with van der Waals surface area (Å²) >= 11 is 0. The maximum Gasteiger partial charge on any atom is 0.333 e. The molecule has 0 aromatic rings. The van der Waals surface area contributed by atoms with Gasteiger partial charge in [-0.2, -0.15) is 0 Å². The van der Waals surface area contributed by atoms with Crippen LogP contribution in [-0.2, 0) is 9.36 Å². The fourth-order valence-electron chi connectivity index (χ4n) is 1.41. The van der Waals surface area contributed by atoms with Crippen LogP contribution in [0, 0.1) is 0 Å². The molecule has 6 heteroatoms. The first-order valence-electron chi connectivity index (χ1n) is 5.19. The molecule has 0 fully saturated rings. The number of rotatable bonds is 6. The molecular formula is C10H20NO4P. The molecule has 0 saturated carbocycles. The Morgan fingerprint density at radius 3 is 2.06 bits per heavy atom. The van der Waals surface area contributed by atoms with Crippen molar-refractivity contribution in [2.24, 2.45) is 0 Å². The number of hydrogen-bond donors (Lipinski definition) is 3. The quantitative estimate of drug-likeness (QED) is 0.490. The zero-order valence-corrected chi connectivity index (χ0v) is 10.9. The molecule has 94 valence electrons. The topological polar surface area (TPSA) is 86.6 Å². The van der Waals surface area contributed by atoms with Gasteiger partial charge in [-0.25, -0.2) is 0 Å². The number of carbonyl (C=O) groups excluding carboxylic acids is 1. The van der Waals surface area contributed by atoms with Crippen LogP contribution < -0.4 is 5.32 Å². The van der Waals surface area contributed by atoms with Crippen molar-refractivity contribution in [1.29, 1.82) is 0 Å². The third-order valence-electron chi connectivity index (χ3n) is 2.90. The van der Waals surface area contributed by atoms with E-state index in [1.807, 2.05) is 0 Å². The summed E-state index contributed by atoms with van der Waals surface area (Å²) in [5.41, 5.74) is 0.326. The van der Waals surface area contributed by atoms with Crippen molar-refractivity contribution in [3.05, 3.63) is 12.2 Å². The van der Waals surface area contributed by atoms with E-state index in [-0.39, 0.29) is 12.5 Å². The average molecular weight is 249 g/mol. The fraction of sp³-hybridized carbons (Fsp3) is 0.700. The molecule has 0 aromatic carbocycles. The lowest BCUT2D eigenvalue weighted by Crippen LogP contribution is -2.42. The molecule has 0 bridgehead atoms. The summed E-state index contributed by atoms with van der Waals surface area (Å²) in [7, 11) is -4.24. The van der Waals surface area contributed by atoms with Gasteiger partial charge in [0.05, 0.1) is 5.16 Å². The van der Waals surface area contributed by atoms with Crippen LogP contribution in [0.3, 0.4) is 0 Å². The zero-order chi connectivity index (χ0) is 13.0. The number of amides is 1. The van der Waals surface area contributed by atoms with Crippen LogP contribution in [-0.4, -0.2) is 27.4 Å². The molecule has 1 amide bonds. The molecule has 0 atom stereocenters. The summed E-state index contributed by atoms with van der Waals surface area (Å²) in [4.78, 5) is 29.9. The second kappa shape index (κ2) is 5.62.